The van der Waals surface area contributed by atoms with E-state index >= 15 is 0 Å². The smallest absolute Gasteiger partial charge is 0.250 e. The van der Waals surface area contributed by atoms with Crippen LogP contribution in [0.2, 0.25) is 36.3 Å². The van der Waals surface area contributed by atoms with E-state index in [0.29, 0.717) is 43.9 Å². The molecule has 490 valence electrons. The van der Waals surface area contributed by atoms with Gasteiger partial charge in [0.25, 0.3) is 0 Å². The highest BCUT2D eigenvalue weighted by Crippen LogP contribution is 2.39. The van der Waals surface area contributed by atoms with Gasteiger partial charge in [0.2, 0.25) is 8.32 Å². The highest BCUT2D eigenvalue weighted by Gasteiger charge is 2.39. The van der Waals surface area contributed by atoms with Gasteiger partial charge in [-0.05, 0) is 140 Å². The van der Waals surface area contributed by atoms with Gasteiger partial charge in [-0.1, -0.05) is 241 Å². The van der Waals surface area contributed by atoms with Crippen molar-refractivity contribution in [3.8, 4) is 58.8 Å². The van der Waals surface area contributed by atoms with E-state index < -0.39 is 15.7 Å². The Morgan fingerprint density at radius 2 is 0.641 bits per heavy atom. The van der Waals surface area contributed by atoms with Gasteiger partial charge in [-0.3, -0.25) is 0 Å². The first-order valence-electron chi connectivity index (χ1n) is 30.0. The van der Waals surface area contributed by atoms with Crippen molar-refractivity contribution in [1.29, 1.82) is 21.0 Å². The lowest BCUT2D eigenvalue weighted by molar-refractivity contribution is 0.306. The average molecular weight is 1430 g/mol. The number of rotatable bonds is 16. The highest BCUT2D eigenvalue weighted by molar-refractivity contribution is 9.08. The van der Waals surface area contributed by atoms with Crippen molar-refractivity contribution in [1.82, 2.24) is 0 Å². The molecule has 0 spiro atoms. The Hall–Kier alpha value is -7.80. The van der Waals surface area contributed by atoms with Crippen LogP contribution in [0, 0.1) is 45.3 Å². The van der Waals surface area contributed by atoms with Gasteiger partial charge in [-0.25, -0.2) is 0 Å². The van der Waals surface area contributed by atoms with Crippen LogP contribution >= 0.6 is 42.9 Å². The number of nitriles is 4. The zero-order valence-electron chi connectivity index (χ0n) is 55.7. The van der Waals surface area contributed by atoms with Gasteiger partial charge in [-0.2, -0.15) is 32.1 Å². The number of nitrogens with zero attached hydrogens (tertiary/aromatic N) is 4. The van der Waals surface area contributed by atoms with Gasteiger partial charge in [0.1, 0.15) is 47.7 Å². The molecule has 92 heavy (non-hydrogen) atoms. The first-order chi connectivity index (χ1) is 43.3. The number of phenolic OH excluding ortho intramolecular Hbond substituents is 1. The van der Waals surface area contributed by atoms with Crippen molar-refractivity contribution in [2.24, 2.45) is 0 Å². The van der Waals surface area contributed by atoms with Gasteiger partial charge < -0.3 is 28.5 Å². The largest absolute Gasteiger partial charge is 0.544 e. The number of halogens is 3. The van der Waals surface area contributed by atoms with Gasteiger partial charge in [-0.15, -0.1) is 0 Å². The third kappa shape index (κ3) is 36.9. The maximum Gasteiger partial charge on any atom is 0.250 e. The summed E-state index contributed by atoms with van der Waals surface area (Å²) < 4.78 is 27.6. The quantitative estimate of drug-likeness (QED) is 0.0560. The SMILES string of the molecule is BrCc1ccccc1.C.CC.CC(C)(C)[Si](C)(C)Cl.CC(C)(C)[Si](C)(C)Oc1ccc(CC#N)cc1.COc1ccc(CBr)cc1.COc1ccc(COc2ccc(CC#N)cc2)cc1.N#CCc1ccc(O)cc1.N#CCc1ccc(OCc2ccccc2)cc1. The number of benzene rings is 8. The Kier molecular flexibility index (Phi) is 43.2. The first-order valence-corrected chi connectivity index (χ1v) is 39.1. The molecule has 15 heteroatoms. The zero-order valence-corrected chi connectivity index (χ0v) is 61.6. The number of alkyl halides is 2. The van der Waals surface area contributed by atoms with E-state index in [-0.39, 0.29) is 18.2 Å². The molecule has 8 rings (SSSR count). The summed E-state index contributed by atoms with van der Waals surface area (Å²) in [4.78, 5) is 0. The van der Waals surface area contributed by atoms with Crippen LogP contribution in [0.1, 0.15) is 107 Å². The summed E-state index contributed by atoms with van der Waals surface area (Å²) in [6.45, 7) is 27.2. The number of methoxy groups -OCH3 is 2. The molecule has 0 bridgehead atoms. The molecule has 0 atom stereocenters. The summed E-state index contributed by atoms with van der Waals surface area (Å²) >= 11 is 12.9. The lowest BCUT2D eigenvalue weighted by atomic mass is 10.2. The second-order valence-electron chi connectivity index (χ2n) is 23.0. The Labute approximate surface area is 576 Å². The molecule has 1 N–H and O–H groups in total. The summed E-state index contributed by atoms with van der Waals surface area (Å²) in [6, 6.07) is 74.2. The van der Waals surface area contributed by atoms with Gasteiger partial charge >= 0.3 is 0 Å². The van der Waals surface area contributed by atoms with E-state index in [9.17, 15) is 0 Å². The van der Waals surface area contributed by atoms with Gasteiger partial charge in [0.05, 0.1) is 64.2 Å². The van der Waals surface area contributed by atoms with Crippen LogP contribution in [-0.2, 0) is 49.6 Å². The normalized spacial score (nSPS) is 10.1. The molecular weight excluding hydrogens is 1330 g/mol. The fourth-order valence-corrected chi connectivity index (χ4v) is 8.20. The number of phenols is 1. The van der Waals surface area contributed by atoms with Crippen LogP contribution in [0.5, 0.6) is 34.5 Å². The molecule has 8 aromatic carbocycles. The van der Waals surface area contributed by atoms with E-state index in [1.165, 1.54) is 11.1 Å². The van der Waals surface area contributed by atoms with Gasteiger partial charge in [0.15, 0.2) is 7.38 Å². The van der Waals surface area contributed by atoms with Crippen molar-refractivity contribution in [3.05, 3.63) is 251 Å². The number of hydrogen-bond acceptors (Lipinski definition) is 10. The Morgan fingerprint density at radius 3 is 0.913 bits per heavy atom. The average Bonchev–Trinajstić information content (AvgIpc) is 0.882. The molecule has 0 unspecified atom stereocenters. The summed E-state index contributed by atoms with van der Waals surface area (Å²) in [5, 5.41) is 45.3. The van der Waals surface area contributed by atoms with E-state index in [4.69, 9.17) is 60.6 Å². The third-order valence-corrected chi connectivity index (χ3v) is 24.8. The minimum Gasteiger partial charge on any atom is -0.544 e. The molecule has 10 nitrogen and oxygen atoms in total. The maximum atomic E-state index is 8.84. The lowest BCUT2D eigenvalue weighted by Gasteiger charge is -2.36. The van der Waals surface area contributed by atoms with E-state index in [0.717, 1.165) is 72.8 Å². The summed E-state index contributed by atoms with van der Waals surface area (Å²) in [7, 11) is 0.184. The van der Waals surface area contributed by atoms with Crippen molar-refractivity contribution in [2.45, 2.75) is 149 Å². The summed E-state index contributed by atoms with van der Waals surface area (Å²) in [5.74, 6) is 4.53. The van der Waals surface area contributed by atoms with Crippen LogP contribution < -0.4 is 23.4 Å². The fraction of sp³-hybridized carbons (Fsp3) is 0.325. The third-order valence-electron chi connectivity index (χ3n) is 13.9. The minimum atomic E-state index is -1.75. The van der Waals surface area contributed by atoms with Crippen LogP contribution in [-0.4, -0.2) is 35.0 Å². The van der Waals surface area contributed by atoms with Gasteiger partial charge in [0, 0.05) is 10.7 Å². The molecule has 0 amide bonds. The molecule has 0 radical (unpaired) electrons. The van der Waals surface area contributed by atoms with E-state index in [1.54, 1.807) is 38.5 Å². The second-order valence-corrected chi connectivity index (χ2v) is 36.2. The van der Waals surface area contributed by atoms with Crippen LogP contribution in [0.3, 0.4) is 0 Å². The second kappa shape index (κ2) is 47.1. The van der Waals surface area contributed by atoms with Crippen molar-refractivity contribution in [3.63, 3.8) is 0 Å². The Balaban J connectivity index is 0.00000107. The maximum absolute atomic E-state index is 8.84. The predicted molar refractivity (Wildman–Crippen MR) is 396 cm³/mol. The fourth-order valence-electron chi connectivity index (χ4n) is 6.42. The van der Waals surface area contributed by atoms with Crippen LogP contribution in [0.4, 0.5) is 0 Å². The molecule has 0 aliphatic heterocycles. The highest BCUT2D eigenvalue weighted by atomic mass is 79.9. The van der Waals surface area contributed by atoms with Crippen molar-refractivity contribution >= 4 is 58.6 Å². The van der Waals surface area contributed by atoms with Crippen molar-refractivity contribution < 1.29 is 28.5 Å². The number of aromatic hydroxyl groups is 1. The Bertz CT molecular complexity index is 3320. The first kappa shape index (κ1) is 84.2. The predicted octanol–water partition coefficient (Wildman–Crippen LogP) is 22.3. The van der Waals surface area contributed by atoms with Crippen LogP contribution in [0.15, 0.2) is 206 Å². The molecule has 8 aromatic rings. The molecule has 0 aliphatic carbocycles. The molecule has 0 saturated carbocycles. The summed E-state index contributed by atoms with van der Waals surface area (Å²) in [5.41, 5.74) is 8.80. The number of hydrogen-bond donors (Lipinski definition) is 1. The molecule has 0 fully saturated rings. The molecule has 0 aromatic heterocycles. The zero-order chi connectivity index (χ0) is 68.1. The molecular formula is C77H97Br2ClN4O6Si2. The molecule has 0 heterocycles. The monoisotopic (exact) mass is 1420 g/mol. The molecule has 0 saturated heterocycles. The van der Waals surface area contributed by atoms with E-state index in [2.05, 4.69) is 130 Å². The standard InChI is InChI=1S/C16H15NO2.C15H13NO.C14H21NOSi.C8H9BrO.C8H7NO.C7H7Br.C6H15ClSi.C2H6.CH4/c1-18-15-6-4-14(5-7-15)12-19-16-8-2-13(3-9-16)10-11-17;16-11-10-13-6-8-15(9-7-13)17-12-14-4-2-1-3-5-14;1-14(2,3)17(4,5)16-13-8-6-12(7-9-13)10-11-15;1-10-8-4-2-7(6-9)3-5-8;9-6-5-7-1-3-8(10)4-2-7;8-6-7-4-2-1-3-5-7;1-6(2,3)8(4,5)7;1-2;/h2-9H,10,12H2,1H3;1-9H,10,12H2;6-9H,10H2,1-5H3;2-5H,6H2,1H3;1-4,10H,5H2;1-5H,6H2;1-5H3;1-2H3;1H4. The molecule has 0 aliphatic rings. The van der Waals surface area contributed by atoms with Crippen molar-refractivity contribution in [2.75, 3.05) is 14.2 Å². The Morgan fingerprint density at radius 1 is 0.391 bits per heavy atom. The minimum absolute atomic E-state index is 0. The summed E-state index contributed by atoms with van der Waals surface area (Å²) in [6.07, 6.45) is 1.73. The van der Waals surface area contributed by atoms with E-state index in [1.807, 2.05) is 190 Å². The lowest BCUT2D eigenvalue weighted by Crippen LogP contribution is -2.43. The van der Waals surface area contributed by atoms with Crippen LogP contribution in [0.25, 0.3) is 0 Å². The topological polar surface area (TPSA) is 162 Å². The number of ether oxygens (including phenoxy) is 4.